The molecule has 2 aliphatic rings. The number of hydrogen-bond donors (Lipinski definition) is 4. The van der Waals surface area contributed by atoms with E-state index in [-0.39, 0.29) is 37.5 Å². The number of phosphoric ester groups is 1. The van der Waals surface area contributed by atoms with Crippen LogP contribution in [-0.4, -0.2) is 143 Å². The molecular weight excluding hydrogens is 839 g/mol. The van der Waals surface area contributed by atoms with Crippen LogP contribution in [0, 0.1) is 0 Å². The third-order valence-electron chi connectivity index (χ3n) is 10.5. The molecule has 2 aliphatic heterocycles. The molecule has 7 atom stereocenters. The number of nitrogens with zero attached hydrogens (tertiary/aromatic N) is 1. The highest BCUT2D eigenvalue weighted by Gasteiger charge is 2.54. The van der Waals surface area contributed by atoms with Crippen LogP contribution in [0.25, 0.3) is 0 Å². The predicted octanol–water partition coefficient (Wildman–Crippen LogP) is 4.65. The maximum Gasteiger partial charge on any atom is 0.333 e. The van der Waals surface area contributed by atoms with Crippen LogP contribution in [0.3, 0.4) is 0 Å². The average Bonchev–Trinajstić information content (AvgIpc) is 3.47. The van der Waals surface area contributed by atoms with E-state index in [0.29, 0.717) is 36.9 Å². The van der Waals surface area contributed by atoms with Gasteiger partial charge in [0.05, 0.1) is 53.1 Å². The number of unbranched alkanes of at least 4 members (excludes halogenated alkanes) is 14. The first-order chi connectivity index (χ1) is 28.8. The number of esters is 2. The Morgan fingerprint density at radius 3 is 2.13 bits per heavy atom. The first-order valence-electron chi connectivity index (χ1n) is 22.2. The van der Waals surface area contributed by atoms with Crippen LogP contribution in [0.5, 0.6) is 0 Å². The number of hydrogen-bond acceptors (Lipinski definition) is 15. The first kappa shape index (κ1) is 55.6. The summed E-state index contributed by atoms with van der Waals surface area (Å²) in [5, 5.41) is 19.1. The molecule has 358 valence electrons. The molecule has 2 heterocycles. The molecule has 4 N–H and O–H groups in total. The van der Waals surface area contributed by atoms with E-state index in [9.17, 15) is 32.6 Å². The van der Waals surface area contributed by atoms with Crippen molar-refractivity contribution in [2.45, 2.75) is 172 Å². The molecule has 2 bridgehead atoms. The molecule has 2 saturated heterocycles. The highest BCUT2D eigenvalue weighted by molar-refractivity contribution is 7.83. The highest BCUT2D eigenvalue weighted by atomic mass is 32.2. The lowest BCUT2D eigenvalue weighted by Crippen LogP contribution is -2.43. The number of rotatable bonds is 37. The summed E-state index contributed by atoms with van der Waals surface area (Å²) >= 11 is 0. The summed E-state index contributed by atoms with van der Waals surface area (Å²) in [6, 6.07) is -0.854. The second-order valence-corrected chi connectivity index (χ2v) is 19.9. The van der Waals surface area contributed by atoms with E-state index >= 15 is 0 Å². The Bertz CT molecular complexity index is 1420. The van der Waals surface area contributed by atoms with Crippen LogP contribution in [0.1, 0.15) is 135 Å². The fraction of sp³-hybridized carbons (Fsp3) is 0.902. The monoisotopic (exact) mass is 916 g/mol. The van der Waals surface area contributed by atoms with Crippen molar-refractivity contribution >= 4 is 30.1 Å². The summed E-state index contributed by atoms with van der Waals surface area (Å²) in [4.78, 5) is 35.7. The minimum absolute atomic E-state index is 0.00997. The fourth-order valence-corrected chi connectivity index (χ4v) is 8.56. The second kappa shape index (κ2) is 29.8. The highest BCUT2D eigenvalue weighted by Crippen LogP contribution is 2.45. The summed E-state index contributed by atoms with van der Waals surface area (Å²) in [7, 11) is -3.28. The number of fused-ring (bicyclic) bond motifs is 2. The Kier molecular flexibility index (Phi) is 27.1. The zero-order valence-electron chi connectivity index (χ0n) is 37.1. The van der Waals surface area contributed by atoms with Crippen molar-refractivity contribution in [3.8, 4) is 0 Å². The Labute approximate surface area is 364 Å². The Morgan fingerprint density at radius 1 is 0.902 bits per heavy atom. The van der Waals surface area contributed by atoms with E-state index in [4.69, 9.17) is 37.9 Å². The quantitative estimate of drug-likeness (QED) is 0.0165. The molecule has 0 aromatic carbocycles. The third-order valence-corrected chi connectivity index (χ3v) is 12.1. The van der Waals surface area contributed by atoms with Gasteiger partial charge in [-0.1, -0.05) is 83.1 Å². The number of carbonyl (C=O) groups is 2. The van der Waals surface area contributed by atoms with E-state index in [0.717, 1.165) is 64.2 Å². The average molecular weight is 917 g/mol. The van der Waals surface area contributed by atoms with Crippen LogP contribution in [0.4, 0.5) is 0 Å². The number of ether oxygens (including phenoxy) is 5. The number of aliphatic hydroxyl groups is 2. The van der Waals surface area contributed by atoms with Gasteiger partial charge in [-0.3, -0.25) is 13.9 Å². The summed E-state index contributed by atoms with van der Waals surface area (Å²) in [5.74, 6) is -1.60. The van der Waals surface area contributed by atoms with Crippen molar-refractivity contribution in [2.24, 2.45) is 0 Å². The SMILES string of the molecule is CC(=O)O[C@@H]1CC[C@]2(CCCCCCCCCCCCCCOC[C@H](CO)NS(=O)(=O)O)O[C@H]1[C@@H](CCCCC/C=C/C(=O)OC[C@@H](O)COP(=O)([O-])OCC[N+](C)(C)C)O2. The van der Waals surface area contributed by atoms with E-state index in [1.54, 1.807) is 6.08 Å². The maximum atomic E-state index is 12.1. The molecule has 0 spiro atoms. The van der Waals surface area contributed by atoms with Crippen LogP contribution in [-0.2, 0) is 57.2 Å². The lowest BCUT2D eigenvalue weighted by atomic mass is 9.94. The smallest absolute Gasteiger partial charge is 0.333 e. The van der Waals surface area contributed by atoms with Crippen molar-refractivity contribution in [1.82, 2.24) is 4.72 Å². The molecule has 61 heavy (non-hydrogen) atoms. The van der Waals surface area contributed by atoms with Gasteiger partial charge in [-0.05, 0) is 38.5 Å². The Balaban J connectivity index is 1.54. The van der Waals surface area contributed by atoms with Gasteiger partial charge in [-0.15, -0.1) is 0 Å². The number of allylic oxidation sites excluding steroid dienone is 1. The molecule has 0 aliphatic carbocycles. The number of quaternary nitrogens is 1. The van der Waals surface area contributed by atoms with Crippen molar-refractivity contribution in [1.29, 1.82) is 0 Å². The van der Waals surface area contributed by atoms with Gasteiger partial charge in [0.15, 0.2) is 5.79 Å². The molecule has 0 saturated carbocycles. The molecule has 18 nitrogen and oxygen atoms in total. The number of phosphoric acid groups is 1. The Morgan fingerprint density at radius 2 is 1.52 bits per heavy atom. The molecule has 0 radical (unpaired) electrons. The standard InChI is InChI=1S/C41H77N2O16PS/c1-34(45)57-37-24-26-41(25-20-16-11-9-7-5-6-8-10-12-17-21-28-53-31-35(30-44)42-61(50,51)52)58-38(40(37)59-41)22-18-14-13-15-19-23-39(47)54-32-36(46)33-56-60(48,49)55-29-27-43(2,3)4/h19,23,35-38,40,42,44,46H,5-18,20-22,24-33H2,1-4H3,(H-,48,49,50,51,52)/b23-19+/t35-,36+,37+,38+,40+,41-/m0/s1. The first-order valence-corrected chi connectivity index (χ1v) is 25.1. The van der Waals surface area contributed by atoms with Gasteiger partial charge in [-0.2, -0.15) is 13.1 Å². The fourth-order valence-electron chi connectivity index (χ4n) is 7.27. The van der Waals surface area contributed by atoms with Gasteiger partial charge in [0.1, 0.15) is 38.1 Å². The Hall–Kier alpha value is -1.58. The summed E-state index contributed by atoms with van der Waals surface area (Å²) < 4.78 is 83.3. The van der Waals surface area contributed by atoms with Crippen LogP contribution < -0.4 is 9.62 Å². The van der Waals surface area contributed by atoms with Crippen molar-refractivity contribution in [3.63, 3.8) is 0 Å². The number of aliphatic hydroxyl groups excluding tert-OH is 2. The van der Waals surface area contributed by atoms with Gasteiger partial charge >= 0.3 is 22.2 Å². The van der Waals surface area contributed by atoms with Crippen LogP contribution in [0.2, 0.25) is 0 Å². The van der Waals surface area contributed by atoms with E-state index in [1.165, 1.54) is 57.9 Å². The summed E-state index contributed by atoms with van der Waals surface area (Å²) in [6.07, 6.45) is 20.7. The zero-order valence-corrected chi connectivity index (χ0v) is 38.8. The van der Waals surface area contributed by atoms with Crippen LogP contribution >= 0.6 is 7.82 Å². The predicted molar refractivity (Wildman–Crippen MR) is 225 cm³/mol. The summed E-state index contributed by atoms with van der Waals surface area (Å²) in [5.41, 5.74) is 0. The molecule has 2 rings (SSSR count). The maximum absolute atomic E-state index is 12.1. The largest absolute Gasteiger partial charge is 0.756 e. The van der Waals surface area contributed by atoms with Gasteiger partial charge in [0, 0.05) is 32.4 Å². The lowest BCUT2D eigenvalue weighted by Gasteiger charge is -2.35. The normalized spacial score (nSPS) is 22.6. The number of nitrogens with one attached hydrogen (secondary N) is 1. The van der Waals surface area contributed by atoms with E-state index in [1.807, 2.05) is 25.9 Å². The zero-order chi connectivity index (χ0) is 45.2. The van der Waals surface area contributed by atoms with E-state index < -0.39 is 61.8 Å². The van der Waals surface area contributed by atoms with Gasteiger partial charge < -0.3 is 52.3 Å². The molecule has 0 aromatic heterocycles. The second-order valence-electron chi connectivity index (χ2n) is 17.3. The van der Waals surface area contributed by atoms with E-state index in [2.05, 4.69) is 4.52 Å². The summed E-state index contributed by atoms with van der Waals surface area (Å²) in [6.45, 7) is 0.841. The molecule has 0 aromatic rings. The van der Waals surface area contributed by atoms with Gasteiger partial charge in [0.25, 0.3) is 7.82 Å². The molecule has 1 unspecified atom stereocenters. The molecule has 2 fully saturated rings. The molecule has 0 amide bonds. The minimum atomic E-state index is -4.58. The third kappa shape index (κ3) is 27.4. The number of likely N-dealkylation sites (N-methyl/N-ethyl adjacent to an activating group) is 1. The van der Waals surface area contributed by atoms with Crippen molar-refractivity contribution < 1.29 is 79.4 Å². The van der Waals surface area contributed by atoms with Gasteiger partial charge in [-0.25, -0.2) is 4.79 Å². The minimum Gasteiger partial charge on any atom is -0.756 e. The molecule has 20 heteroatoms. The van der Waals surface area contributed by atoms with Crippen molar-refractivity contribution in [2.75, 3.05) is 67.3 Å². The number of carbonyl (C=O) groups excluding carboxylic acids is 2. The van der Waals surface area contributed by atoms with Gasteiger partial charge in [0.2, 0.25) is 0 Å². The molecular formula is C41H77N2O16PS. The topological polar surface area (TPSA) is 246 Å². The van der Waals surface area contributed by atoms with Crippen LogP contribution in [0.15, 0.2) is 12.2 Å². The van der Waals surface area contributed by atoms with Crippen molar-refractivity contribution in [3.05, 3.63) is 12.2 Å². The lowest BCUT2D eigenvalue weighted by molar-refractivity contribution is -0.870.